The van der Waals surface area contributed by atoms with Crippen molar-refractivity contribution in [3.05, 3.63) is 0 Å². The van der Waals surface area contributed by atoms with Crippen LogP contribution >= 0.6 is 0 Å². The highest BCUT2D eigenvalue weighted by atomic mass is 16.3. The number of nitrogens with one attached hydrogen (secondary N) is 1. The fourth-order valence-corrected chi connectivity index (χ4v) is 2.63. The van der Waals surface area contributed by atoms with Crippen molar-refractivity contribution < 1.29 is 5.11 Å². The average molecular weight is 211 g/mol. The maximum atomic E-state index is 9.07. The molecule has 15 heavy (non-hydrogen) atoms. The standard InChI is InChI=1S/C13H25NO/c1-2-3-12(10-4-5-10)14-13(8-9-15)11-6-7-11/h10-15H,2-9H2,1H3. The molecule has 88 valence electrons. The fourth-order valence-electron chi connectivity index (χ4n) is 2.63. The quantitative estimate of drug-likeness (QED) is 0.646. The van der Waals surface area contributed by atoms with Crippen LogP contribution in [-0.2, 0) is 0 Å². The molecule has 0 amide bonds. The second kappa shape index (κ2) is 5.31. The Morgan fingerprint density at radius 1 is 1.07 bits per heavy atom. The molecule has 2 aliphatic carbocycles. The van der Waals surface area contributed by atoms with Crippen LogP contribution in [0.25, 0.3) is 0 Å². The van der Waals surface area contributed by atoms with E-state index in [9.17, 15) is 0 Å². The number of aliphatic hydroxyl groups excluding tert-OH is 1. The lowest BCUT2D eigenvalue weighted by Gasteiger charge is -2.25. The molecule has 2 fully saturated rings. The van der Waals surface area contributed by atoms with Crippen molar-refractivity contribution >= 4 is 0 Å². The molecule has 0 aromatic rings. The zero-order valence-electron chi connectivity index (χ0n) is 9.91. The fraction of sp³-hybridized carbons (Fsp3) is 1.00. The summed E-state index contributed by atoms with van der Waals surface area (Å²) in [5.74, 6) is 1.82. The topological polar surface area (TPSA) is 32.3 Å². The Hall–Kier alpha value is -0.0800. The zero-order valence-corrected chi connectivity index (χ0v) is 9.91. The summed E-state index contributed by atoms with van der Waals surface area (Å²) in [6.07, 6.45) is 9.16. The smallest absolute Gasteiger partial charge is 0.0445 e. The molecule has 2 nitrogen and oxygen atoms in total. The van der Waals surface area contributed by atoms with Crippen LogP contribution in [0, 0.1) is 11.8 Å². The highest BCUT2D eigenvalue weighted by Gasteiger charge is 2.36. The molecule has 2 aliphatic rings. The molecule has 0 spiro atoms. The first-order valence-corrected chi connectivity index (χ1v) is 6.72. The van der Waals surface area contributed by atoms with Gasteiger partial charge in [-0.3, -0.25) is 0 Å². The van der Waals surface area contributed by atoms with E-state index in [0.717, 1.165) is 24.3 Å². The Kier molecular flexibility index (Phi) is 4.04. The molecule has 2 heteroatoms. The van der Waals surface area contributed by atoms with Crippen LogP contribution in [0.4, 0.5) is 0 Å². The van der Waals surface area contributed by atoms with Gasteiger partial charge in [-0.25, -0.2) is 0 Å². The highest BCUT2D eigenvalue weighted by molar-refractivity contribution is 4.93. The van der Waals surface area contributed by atoms with Gasteiger partial charge in [0.05, 0.1) is 0 Å². The van der Waals surface area contributed by atoms with Gasteiger partial charge in [0.1, 0.15) is 0 Å². The van der Waals surface area contributed by atoms with Crippen LogP contribution in [0.1, 0.15) is 51.9 Å². The lowest BCUT2D eigenvalue weighted by molar-refractivity contribution is 0.241. The van der Waals surface area contributed by atoms with Crippen molar-refractivity contribution in [2.24, 2.45) is 11.8 Å². The van der Waals surface area contributed by atoms with Crippen LogP contribution in [-0.4, -0.2) is 23.8 Å². The second-order valence-electron chi connectivity index (χ2n) is 5.36. The SMILES string of the molecule is CCCC(NC(CCO)C1CC1)C1CC1. The van der Waals surface area contributed by atoms with Gasteiger partial charge in [0.15, 0.2) is 0 Å². The van der Waals surface area contributed by atoms with Crippen molar-refractivity contribution in [2.75, 3.05) is 6.61 Å². The summed E-state index contributed by atoms with van der Waals surface area (Å²) in [6.45, 7) is 2.62. The highest BCUT2D eigenvalue weighted by Crippen LogP contribution is 2.38. The third-order valence-electron chi connectivity index (χ3n) is 3.85. The van der Waals surface area contributed by atoms with E-state index < -0.39 is 0 Å². The van der Waals surface area contributed by atoms with Gasteiger partial charge in [0.2, 0.25) is 0 Å². The average Bonchev–Trinajstić information content (AvgIpc) is 3.05. The van der Waals surface area contributed by atoms with Crippen LogP contribution in [0.15, 0.2) is 0 Å². The Bertz CT molecular complexity index is 167. The van der Waals surface area contributed by atoms with Crippen LogP contribution in [0.2, 0.25) is 0 Å². The minimum Gasteiger partial charge on any atom is -0.396 e. The summed E-state index contributed by atoms with van der Waals surface area (Å²) >= 11 is 0. The van der Waals surface area contributed by atoms with E-state index in [4.69, 9.17) is 5.11 Å². The second-order valence-corrected chi connectivity index (χ2v) is 5.36. The van der Waals surface area contributed by atoms with E-state index in [1.807, 2.05) is 0 Å². The summed E-state index contributed by atoms with van der Waals surface area (Å²) in [7, 11) is 0. The van der Waals surface area contributed by atoms with E-state index in [2.05, 4.69) is 12.2 Å². The summed E-state index contributed by atoms with van der Waals surface area (Å²) in [6, 6.07) is 1.35. The molecule has 2 unspecified atom stereocenters. The van der Waals surface area contributed by atoms with Crippen molar-refractivity contribution in [3.8, 4) is 0 Å². The van der Waals surface area contributed by atoms with E-state index >= 15 is 0 Å². The zero-order chi connectivity index (χ0) is 10.7. The molecule has 0 radical (unpaired) electrons. The first kappa shape index (κ1) is 11.4. The molecule has 2 N–H and O–H groups in total. The van der Waals surface area contributed by atoms with Gasteiger partial charge in [-0.05, 0) is 50.4 Å². The first-order valence-electron chi connectivity index (χ1n) is 6.72. The lowest BCUT2D eigenvalue weighted by Crippen LogP contribution is -2.41. The summed E-state index contributed by atoms with van der Waals surface area (Å²) in [5.41, 5.74) is 0. The van der Waals surface area contributed by atoms with Crippen LogP contribution in [0.3, 0.4) is 0 Å². The van der Waals surface area contributed by atoms with E-state index in [1.165, 1.54) is 38.5 Å². The molecular weight excluding hydrogens is 186 g/mol. The minimum absolute atomic E-state index is 0.345. The molecule has 0 saturated heterocycles. The lowest BCUT2D eigenvalue weighted by atomic mass is 10.0. The molecule has 0 aliphatic heterocycles. The van der Waals surface area contributed by atoms with Gasteiger partial charge >= 0.3 is 0 Å². The third-order valence-corrected chi connectivity index (χ3v) is 3.85. The summed E-state index contributed by atoms with van der Waals surface area (Å²) in [5, 5.41) is 12.9. The first-order chi connectivity index (χ1) is 7.35. The third kappa shape index (κ3) is 3.46. The molecule has 2 rings (SSSR count). The molecule has 2 saturated carbocycles. The predicted molar refractivity (Wildman–Crippen MR) is 62.8 cm³/mol. The number of aliphatic hydroxyl groups is 1. The van der Waals surface area contributed by atoms with Crippen molar-refractivity contribution in [2.45, 2.75) is 64.0 Å². The molecule has 0 aromatic carbocycles. The Balaban J connectivity index is 1.78. The van der Waals surface area contributed by atoms with Crippen molar-refractivity contribution in [3.63, 3.8) is 0 Å². The van der Waals surface area contributed by atoms with Gasteiger partial charge in [-0.1, -0.05) is 13.3 Å². The molecule has 0 heterocycles. The summed E-state index contributed by atoms with van der Waals surface area (Å²) in [4.78, 5) is 0. The molecular formula is C13H25NO. The van der Waals surface area contributed by atoms with Crippen molar-refractivity contribution in [1.29, 1.82) is 0 Å². The number of hydrogen-bond donors (Lipinski definition) is 2. The van der Waals surface area contributed by atoms with Gasteiger partial charge in [-0.15, -0.1) is 0 Å². The number of hydrogen-bond acceptors (Lipinski definition) is 2. The Morgan fingerprint density at radius 2 is 1.60 bits per heavy atom. The van der Waals surface area contributed by atoms with Crippen LogP contribution < -0.4 is 5.32 Å². The maximum Gasteiger partial charge on any atom is 0.0445 e. The predicted octanol–water partition coefficient (Wildman–Crippen LogP) is 2.32. The van der Waals surface area contributed by atoms with E-state index in [-0.39, 0.29) is 0 Å². The van der Waals surface area contributed by atoms with E-state index in [0.29, 0.717) is 12.6 Å². The van der Waals surface area contributed by atoms with Gasteiger partial charge in [0.25, 0.3) is 0 Å². The minimum atomic E-state index is 0.345. The van der Waals surface area contributed by atoms with Gasteiger partial charge in [-0.2, -0.15) is 0 Å². The summed E-state index contributed by atoms with van der Waals surface area (Å²) < 4.78 is 0. The Morgan fingerprint density at radius 3 is 2.00 bits per heavy atom. The van der Waals surface area contributed by atoms with E-state index in [1.54, 1.807) is 0 Å². The monoisotopic (exact) mass is 211 g/mol. The Labute approximate surface area is 93.5 Å². The van der Waals surface area contributed by atoms with Gasteiger partial charge in [0, 0.05) is 18.7 Å². The molecule has 0 bridgehead atoms. The largest absolute Gasteiger partial charge is 0.396 e. The van der Waals surface area contributed by atoms with Crippen LogP contribution in [0.5, 0.6) is 0 Å². The van der Waals surface area contributed by atoms with Gasteiger partial charge < -0.3 is 10.4 Å². The number of rotatable bonds is 8. The normalized spacial score (nSPS) is 25.2. The molecule has 0 aromatic heterocycles. The maximum absolute atomic E-state index is 9.07. The molecule has 2 atom stereocenters. The van der Waals surface area contributed by atoms with Crippen molar-refractivity contribution in [1.82, 2.24) is 5.32 Å².